The molecule has 34 heavy (non-hydrogen) atoms. The van der Waals surface area contributed by atoms with Gasteiger partial charge in [0, 0.05) is 0 Å². The maximum absolute atomic E-state index is 12.6. The molecular formula is C25H32I3N3O2S. The van der Waals surface area contributed by atoms with Crippen LogP contribution in [0.25, 0.3) is 0 Å². The van der Waals surface area contributed by atoms with Gasteiger partial charge in [-0.3, -0.25) is 0 Å². The fourth-order valence-corrected chi connectivity index (χ4v) is 24.6. The molecule has 1 atom stereocenters. The number of aryl methyl sites for hydroxylation is 2. The third kappa shape index (κ3) is 5.87. The van der Waals surface area contributed by atoms with Crippen molar-refractivity contribution in [3.05, 3.63) is 51.3 Å². The normalized spacial score (nSPS) is 18.4. The number of hydrogen-bond donors (Lipinski definition) is 0. The molecule has 0 saturated carbocycles. The fourth-order valence-electron chi connectivity index (χ4n) is 4.33. The van der Waals surface area contributed by atoms with Crippen molar-refractivity contribution in [2.75, 3.05) is 31.1 Å². The Labute approximate surface area is 230 Å². The van der Waals surface area contributed by atoms with Crippen LogP contribution in [0.2, 0.25) is 0 Å². The van der Waals surface area contributed by atoms with Crippen molar-refractivity contribution in [3.63, 3.8) is 0 Å². The van der Waals surface area contributed by atoms with E-state index in [2.05, 4.69) is 86.3 Å². The first-order chi connectivity index (χ1) is 16.1. The summed E-state index contributed by atoms with van der Waals surface area (Å²) in [5, 5.41) is 1.19. The summed E-state index contributed by atoms with van der Waals surface area (Å²) in [7, 11) is -1.16. The summed E-state index contributed by atoms with van der Waals surface area (Å²) in [6.07, 6.45) is 1.70. The van der Waals surface area contributed by atoms with Gasteiger partial charge in [0.15, 0.2) is 0 Å². The van der Waals surface area contributed by atoms with Gasteiger partial charge in [0.05, 0.1) is 0 Å². The molecule has 5 nitrogen and oxygen atoms in total. The Balaban J connectivity index is 1.71. The molecule has 1 fully saturated rings. The first kappa shape index (κ1) is 26.9. The standard InChI is InChI=1S/C25H32I3N3O2S/c1-6-18-15-19(30-11-8-12-31(14-13-30)24(32)33-25(3,4)5)16-21-23(18)29-22-17(2)9-7-10-20(22)34(21)28(26)27/h7,9-10,15-16H,6,8,11-14H2,1-5H3. The van der Waals surface area contributed by atoms with E-state index in [0.29, 0.717) is 6.54 Å². The number of rotatable bonds is 3. The van der Waals surface area contributed by atoms with Crippen molar-refractivity contribution in [2.24, 2.45) is 4.99 Å². The van der Waals surface area contributed by atoms with Gasteiger partial charge < -0.3 is 0 Å². The van der Waals surface area contributed by atoms with Crippen LogP contribution in [-0.4, -0.2) is 42.8 Å². The van der Waals surface area contributed by atoms with Gasteiger partial charge >= 0.3 is 233 Å². The molecule has 1 unspecified atom stereocenters. The van der Waals surface area contributed by atoms with Crippen LogP contribution in [0.3, 0.4) is 0 Å². The van der Waals surface area contributed by atoms with E-state index in [1.807, 2.05) is 25.7 Å². The molecule has 0 aliphatic carbocycles. The van der Waals surface area contributed by atoms with Gasteiger partial charge in [0.1, 0.15) is 0 Å². The van der Waals surface area contributed by atoms with Crippen molar-refractivity contribution in [3.8, 4) is 0 Å². The molecule has 0 radical (unpaired) electrons. The molecule has 0 aromatic heterocycles. The minimum absolute atomic E-state index is 0.112. The Morgan fingerprint density at radius 3 is 2.62 bits per heavy atom. The SMILES string of the molecule is CCc1cc(N2CCCN(C(=O)OC(C)(C)C)CC2)cc2c1N=c1c(C)cccc1=S2I(I)I. The fraction of sp³-hybridized carbons (Fsp3) is 0.480. The zero-order valence-corrected chi connectivity index (χ0v) is 27.6. The predicted octanol–water partition coefficient (Wildman–Crippen LogP) is 7.97. The Kier molecular flexibility index (Phi) is 8.76. The van der Waals surface area contributed by atoms with Gasteiger partial charge in [0.2, 0.25) is 0 Å². The third-order valence-corrected chi connectivity index (χ3v) is 25.8. The van der Waals surface area contributed by atoms with Gasteiger partial charge in [-0.05, 0) is 0 Å². The van der Waals surface area contributed by atoms with E-state index in [-0.39, 0.29) is 13.7 Å². The van der Waals surface area contributed by atoms with Gasteiger partial charge in [-0.2, -0.15) is 0 Å². The number of carbonyl (C=O) groups is 1. The van der Waals surface area contributed by atoms with Gasteiger partial charge in [-0.1, -0.05) is 0 Å². The van der Waals surface area contributed by atoms with Crippen molar-refractivity contribution in [1.82, 2.24) is 4.90 Å². The molecule has 2 aromatic carbocycles. The number of nitrogens with zero attached hydrogens (tertiary/aromatic N) is 3. The summed E-state index contributed by atoms with van der Waals surface area (Å²) in [5.74, 6) is 0. The molecule has 9 heteroatoms. The van der Waals surface area contributed by atoms with E-state index in [0.717, 1.165) is 32.5 Å². The number of para-hydroxylation sites is 1. The van der Waals surface area contributed by atoms with Gasteiger partial charge in [0.25, 0.3) is 0 Å². The van der Waals surface area contributed by atoms with Crippen molar-refractivity contribution in [1.29, 1.82) is 0 Å². The van der Waals surface area contributed by atoms with Crippen LogP contribution in [0.5, 0.6) is 0 Å². The summed E-state index contributed by atoms with van der Waals surface area (Å²) in [6.45, 7) is 13.4. The van der Waals surface area contributed by atoms with Gasteiger partial charge in [-0.25, -0.2) is 0 Å². The molecule has 0 spiro atoms. The number of halogens is 3. The maximum atomic E-state index is 12.6. The molecule has 2 aromatic rings. The summed E-state index contributed by atoms with van der Waals surface area (Å²) in [4.78, 5) is 23.6. The minimum atomic E-state index is -1.27. The zero-order chi connectivity index (χ0) is 24.6. The Hall–Kier alpha value is -0.150. The molecule has 4 rings (SSSR count). The summed E-state index contributed by atoms with van der Waals surface area (Å²) < 4.78 is 7.05. The Morgan fingerprint density at radius 2 is 1.94 bits per heavy atom. The Bertz CT molecular complexity index is 1230. The monoisotopic (exact) mass is 819 g/mol. The molecular weight excluding hydrogens is 787 g/mol. The van der Waals surface area contributed by atoms with Crippen LogP contribution in [0.1, 0.15) is 45.2 Å². The number of anilines is 1. The van der Waals surface area contributed by atoms with Crippen LogP contribution in [0.4, 0.5) is 16.2 Å². The first-order valence-corrected chi connectivity index (χ1v) is 27.9. The summed E-state index contributed by atoms with van der Waals surface area (Å²) in [5.41, 5.74) is 4.61. The van der Waals surface area contributed by atoms with Crippen molar-refractivity contribution >= 4 is 72.8 Å². The molecule has 2 aliphatic heterocycles. The molecule has 186 valence electrons. The number of fused-ring (bicyclic) bond motifs is 2. The van der Waals surface area contributed by atoms with Crippen LogP contribution >= 0.6 is 55.4 Å². The number of amides is 1. The molecule has 2 aliphatic rings. The second-order valence-corrected chi connectivity index (χ2v) is 45.5. The van der Waals surface area contributed by atoms with Crippen LogP contribution in [0.15, 0.2) is 40.2 Å². The molecule has 1 amide bonds. The number of benzene rings is 2. The number of hydrogen-bond acceptors (Lipinski definition) is 4. The second kappa shape index (κ2) is 11.1. The second-order valence-electron chi connectivity index (χ2n) is 9.57. The zero-order valence-electron chi connectivity index (χ0n) is 20.3. The molecule has 0 bridgehead atoms. The van der Waals surface area contributed by atoms with Crippen molar-refractivity contribution in [2.45, 2.75) is 58.0 Å². The number of ether oxygens (including phenoxy) is 1. The average molecular weight is 819 g/mol. The molecule has 0 N–H and O–H groups in total. The molecule has 2 heterocycles. The van der Waals surface area contributed by atoms with E-state index in [1.165, 1.54) is 37.3 Å². The first-order valence-electron chi connectivity index (χ1n) is 11.6. The topological polar surface area (TPSA) is 45.1 Å². The van der Waals surface area contributed by atoms with Crippen LogP contribution in [-0.2, 0) is 11.2 Å². The third-order valence-electron chi connectivity index (χ3n) is 5.96. The van der Waals surface area contributed by atoms with Crippen LogP contribution in [0, 0.1) is 11.4 Å². The van der Waals surface area contributed by atoms with E-state index < -0.39 is 16.1 Å². The van der Waals surface area contributed by atoms with E-state index in [4.69, 9.17) is 9.73 Å². The summed E-state index contributed by atoms with van der Waals surface area (Å²) >= 11 is 5.45. The summed E-state index contributed by atoms with van der Waals surface area (Å²) in [6, 6.07) is 11.4. The van der Waals surface area contributed by atoms with E-state index in [9.17, 15) is 4.79 Å². The quantitative estimate of drug-likeness (QED) is 0.233. The van der Waals surface area contributed by atoms with Crippen molar-refractivity contribution < 1.29 is 9.53 Å². The van der Waals surface area contributed by atoms with E-state index in [1.54, 1.807) is 0 Å². The van der Waals surface area contributed by atoms with Gasteiger partial charge in [-0.15, -0.1) is 0 Å². The average Bonchev–Trinajstić information content (AvgIpc) is 3.02. The molecule has 1 saturated heterocycles. The van der Waals surface area contributed by atoms with Crippen LogP contribution < -0.4 is 10.3 Å². The number of carbonyl (C=O) groups excluding carboxylic acids is 1. The predicted molar refractivity (Wildman–Crippen MR) is 169 cm³/mol. The Morgan fingerprint density at radius 1 is 1.18 bits per heavy atom. The van der Waals surface area contributed by atoms with E-state index >= 15 is 0 Å².